The third-order valence-corrected chi connectivity index (χ3v) is 2.64. The zero-order chi connectivity index (χ0) is 10.8. The van der Waals surface area contributed by atoms with E-state index in [1.54, 1.807) is 4.68 Å². The third kappa shape index (κ3) is 2.13. The first kappa shape index (κ1) is 10.1. The normalized spacial score (nSPS) is 10.5. The molecule has 0 unspecified atom stereocenters. The second-order valence-corrected chi connectivity index (χ2v) is 3.87. The van der Waals surface area contributed by atoms with E-state index in [2.05, 4.69) is 5.10 Å². The number of benzene rings is 1. The van der Waals surface area contributed by atoms with Crippen molar-refractivity contribution in [2.45, 2.75) is 13.5 Å². The van der Waals surface area contributed by atoms with Gasteiger partial charge in [-0.15, -0.1) is 0 Å². The first-order valence-electron chi connectivity index (χ1n) is 4.70. The summed E-state index contributed by atoms with van der Waals surface area (Å²) in [4.78, 5) is 0. The van der Waals surface area contributed by atoms with E-state index in [1.165, 1.54) is 0 Å². The highest BCUT2D eigenvalue weighted by atomic mass is 35.5. The summed E-state index contributed by atoms with van der Waals surface area (Å²) in [5.41, 5.74) is 8.51. The molecule has 0 aliphatic rings. The van der Waals surface area contributed by atoms with E-state index in [0.29, 0.717) is 11.6 Å². The number of nitrogens with two attached hydrogens (primary N) is 1. The Bertz CT molecular complexity index is 457. The van der Waals surface area contributed by atoms with Gasteiger partial charge in [-0.25, -0.2) is 0 Å². The van der Waals surface area contributed by atoms with E-state index in [0.717, 1.165) is 16.9 Å². The monoisotopic (exact) mass is 221 g/mol. The van der Waals surface area contributed by atoms with E-state index >= 15 is 0 Å². The summed E-state index contributed by atoms with van der Waals surface area (Å²) in [5.74, 6) is 0. The summed E-state index contributed by atoms with van der Waals surface area (Å²) < 4.78 is 1.80. The highest BCUT2D eigenvalue weighted by Gasteiger charge is 2.03. The lowest BCUT2D eigenvalue weighted by atomic mass is 10.2. The minimum absolute atomic E-state index is 0.653. The molecule has 1 heterocycles. The minimum atomic E-state index is 0.653. The van der Waals surface area contributed by atoms with Crippen molar-refractivity contribution in [1.82, 2.24) is 9.78 Å². The molecule has 0 saturated carbocycles. The Morgan fingerprint density at radius 3 is 2.73 bits per heavy atom. The Kier molecular flexibility index (Phi) is 2.64. The van der Waals surface area contributed by atoms with Gasteiger partial charge < -0.3 is 5.73 Å². The maximum atomic E-state index is 5.92. The van der Waals surface area contributed by atoms with Crippen molar-refractivity contribution in [1.29, 1.82) is 0 Å². The number of nitrogen functional groups attached to an aromatic ring is 1. The maximum Gasteiger partial charge on any atom is 0.0815 e. The largest absolute Gasteiger partial charge is 0.398 e. The van der Waals surface area contributed by atoms with E-state index in [1.807, 2.05) is 37.4 Å². The first-order chi connectivity index (χ1) is 7.16. The zero-order valence-corrected chi connectivity index (χ0v) is 9.20. The molecule has 0 aliphatic heterocycles. The number of hydrogen-bond donors (Lipinski definition) is 1. The van der Waals surface area contributed by atoms with Crippen molar-refractivity contribution in [2.75, 3.05) is 5.73 Å². The second kappa shape index (κ2) is 3.95. The van der Waals surface area contributed by atoms with Gasteiger partial charge >= 0.3 is 0 Å². The number of rotatable bonds is 2. The zero-order valence-electron chi connectivity index (χ0n) is 8.44. The molecule has 0 bridgehead atoms. The fourth-order valence-corrected chi connectivity index (χ4v) is 1.58. The number of para-hydroxylation sites is 1. The van der Waals surface area contributed by atoms with Crippen LogP contribution >= 0.6 is 11.6 Å². The summed E-state index contributed by atoms with van der Waals surface area (Å²) in [5, 5.41) is 4.96. The van der Waals surface area contributed by atoms with Crippen LogP contribution in [-0.4, -0.2) is 9.78 Å². The third-order valence-electron chi connectivity index (χ3n) is 2.27. The molecular formula is C11H12ClN3. The number of aryl methyl sites for hydroxylation is 1. The average molecular weight is 222 g/mol. The number of aromatic nitrogens is 2. The van der Waals surface area contributed by atoms with Crippen molar-refractivity contribution in [3.05, 3.63) is 46.7 Å². The van der Waals surface area contributed by atoms with Crippen molar-refractivity contribution < 1.29 is 0 Å². The van der Waals surface area contributed by atoms with Gasteiger partial charge in [0.05, 0.1) is 17.3 Å². The maximum absolute atomic E-state index is 5.92. The van der Waals surface area contributed by atoms with Crippen molar-refractivity contribution in [2.24, 2.45) is 0 Å². The molecule has 0 radical (unpaired) electrons. The highest BCUT2D eigenvalue weighted by Crippen LogP contribution is 2.16. The number of halogens is 1. The molecule has 2 aromatic rings. The second-order valence-electron chi connectivity index (χ2n) is 3.46. The number of nitrogens with zero attached hydrogens (tertiary/aromatic N) is 2. The van der Waals surface area contributed by atoms with E-state index in [-0.39, 0.29) is 0 Å². The molecule has 4 heteroatoms. The van der Waals surface area contributed by atoms with Crippen LogP contribution in [0.15, 0.2) is 30.5 Å². The summed E-state index contributed by atoms with van der Waals surface area (Å²) in [6.07, 6.45) is 1.81. The molecule has 1 aromatic heterocycles. The fourth-order valence-electron chi connectivity index (χ4n) is 1.43. The minimum Gasteiger partial charge on any atom is -0.398 e. The van der Waals surface area contributed by atoms with Gasteiger partial charge in [0.1, 0.15) is 0 Å². The Morgan fingerprint density at radius 2 is 2.13 bits per heavy atom. The molecule has 0 amide bonds. The van der Waals surface area contributed by atoms with Crippen LogP contribution < -0.4 is 5.73 Å². The summed E-state index contributed by atoms with van der Waals surface area (Å²) >= 11 is 5.92. The molecule has 3 nitrogen and oxygen atoms in total. The van der Waals surface area contributed by atoms with Gasteiger partial charge in [-0.3, -0.25) is 4.68 Å². The van der Waals surface area contributed by atoms with Crippen LogP contribution in [0.4, 0.5) is 5.69 Å². The molecule has 78 valence electrons. The van der Waals surface area contributed by atoms with Gasteiger partial charge in [0.25, 0.3) is 0 Å². The van der Waals surface area contributed by atoms with Gasteiger partial charge in [-0.2, -0.15) is 5.10 Å². The fraction of sp³-hybridized carbons (Fsp3) is 0.182. The average Bonchev–Trinajstić information content (AvgIpc) is 2.50. The number of anilines is 1. The molecule has 1 aromatic carbocycles. The molecular weight excluding hydrogens is 210 g/mol. The Labute approximate surface area is 93.5 Å². The Morgan fingerprint density at radius 1 is 1.40 bits per heavy atom. The van der Waals surface area contributed by atoms with Gasteiger partial charge in [-0.1, -0.05) is 29.8 Å². The summed E-state index contributed by atoms with van der Waals surface area (Å²) in [6, 6.07) is 7.75. The Balaban J connectivity index is 2.26. The Hall–Kier alpha value is -1.48. The van der Waals surface area contributed by atoms with Crippen molar-refractivity contribution in [3.8, 4) is 0 Å². The predicted molar refractivity (Wildman–Crippen MR) is 61.9 cm³/mol. The van der Waals surface area contributed by atoms with Crippen LogP contribution in [0.5, 0.6) is 0 Å². The summed E-state index contributed by atoms with van der Waals surface area (Å²) in [6.45, 7) is 2.54. The van der Waals surface area contributed by atoms with Crippen LogP contribution in [-0.2, 0) is 6.54 Å². The number of hydrogen-bond acceptors (Lipinski definition) is 2. The molecule has 2 N–H and O–H groups in total. The molecule has 15 heavy (non-hydrogen) atoms. The van der Waals surface area contributed by atoms with Crippen LogP contribution in [0.2, 0.25) is 5.02 Å². The van der Waals surface area contributed by atoms with E-state index in [9.17, 15) is 0 Å². The lowest BCUT2D eigenvalue weighted by Gasteiger charge is -2.04. The van der Waals surface area contributed by atoms with E-state index < -0.39 is 0 Å². The summed E-state index contributed by atoms with van der Waals surface area (Å²) in [7, 11) is 0. The molecule has 0 spiro atoms. The van der Waals surface area contributed by atoms with Crippen molar-refractivity contribution in [3.63, 3.8) is 0 Å². The molecule has 2 rings (SSSR count). The van der Waals surface area contributed by atoms with Crippen molar-refractivity contribution >= 4 is 17.3 Å². The van der Waals surface area contributed by atoms with Crippen LogP contribution in [0, 0.1) is 6.92 Å². The predicted octanol–water partition coefficient (Wildman–Crippen LogP) is 2.48. The quantitative estimate of drug-likeness (QED) is 0.792. The molecule has 0 fully saturated rings. The van der Waals surface area contributed by atoms with Gasteiger partial charge in [0.2, 0.25) is 0 Å². The molecule has 0 aliphatic carbocycles. The van der Waals surface area contributed by atoms with Crippen LogP contribution in [0.1, 0.15) is 11.3 Å². The smallest absolute Gasteiger partial charge is 0.0815 e. The first-order valence-corrected chi connectivity index (χ1v) is 5.07. The van der Waals surface area contributed by atoms with Gasteiger partial charge in [-0.05, 0) is 18.6 Å². The lowest BCUT2D eigenvalue weighted by Crippen LogP contribution is -2.03. The molecule has 0 saturated heterocycles. The van der Waals surface area contributed by atoms with Gasteiger partial charge in [0, 0.05) is 11.9 Å². The SMILES string of the molecule is Cc1nn(Cc2ccccc2N)cc1Cl. The lowest BCUT2D eigenvalue weighted by molar-refractivity contribution is 0.681. The van der Waals surface area contributed by atoms with Crippen LogP contribution in [0.25, 0.3) is 0 Å². The molecule has 0 atom stereocenters. The highest BCUT2D eigenvalue weighted by molar-refractivity contribution is 6.31. The van der Waals surface area contributed by atoms with Crippen LogP contribution in [0.3, 0.4) is 0 Å². The topological polar surface area (TPSA) is 43.8 Å². The standard InChI is InChI=1S/C11H12ClN3/c1-8-10(12)7-15(14-8)6-9-4-2-3-5-11(9)13/h2-5,7H,6,13H2,1H3. The van der Waals surface area contributed by atoms with E-state index in [4.69, 9.17) is 17.3 Å². The van der Waals surface area contributed by atoms with Gasteiger partial charge in [0.15, 0.2) is 0 Å².